The predicted octanol–water partition coefficient (Wildman–Crippen LogP) is 3.87. The van der Waals surface area contributed by atoms with Crippen LogP contribution in [0.4, 0.5) is 0 Å². The van der Waals surface area contributed by atoms with Gasteiger partial charge in [0.15, 0.2) is 0 Å². The second-order valence-corrected chi connectivity index (χ2v) is 5.33. The zero-order valence-electron chi connectivity index (χ0n) is 10.2. The van der Waals surface area contributed by atoms with Crippen molar-refractivity contribution >= 4 is 22.8 Å². The van der Waals surface area contributed by atoms with E-state index in [-0.39, 0.29) is 0 Å². The highest BCUT2D eigenvalue weighted by Crippen LogP contribution is 2.25. The van der Waals surface area contributed by atoms with Crippen LogP contribution in [-0.2, 0) is 12.8 Å². The molecule has 0 bridgehead atoms. The second kappa shape index (κ2) is 4.86. The summed E-state index contributed by atoms with van der Waals surface area (Å²) >= 11 is 1.86. The molecule has 3 rings (SSSR count). The average Bonchev–Trinajstić information content (AvgIpc) is 2.79. The number of aromatic nitrogens is 2. The number of fused-ring (bicyclic) bond motifs is 1. The normalized spacial score (nSPS) is 10.9. The minimum atomic E-state index is 1.00. The molecule has 0 aliphatic heterocycles. The van der Waals surface area contributed by atoms with E-state index in [4.69, 9.17) is 0 Å². The first-order valence-electron chi connectivity index (χ1n) is 5.91. The molecule has 1 aromatic heterocycles. The standard InChI is InChI=1S/C15H14N2S/c1-17-11-16-14-8-7-13(9-15(14)17)18-10-12-5-3-2-4-6-12/h2-9,11H,10H2,1H3. The number of hydrogen-bond donors (Lipinski definition) is 0. The highest BCUT2D eigenvalue weighted by atomic mass is 32.2. The maximum absolute atomic E-state index is 4.33. The molecule has 0 spiro atoms. The molecule has 2 aromatic carbocycles. The number of aryl methyl sites for hydroxylation is 1. The molecular weight excluding hydrogens is 240 g/mol. The van der Waals surface area contributed by atoms with Crippen LogP contribution in [0.25, 0.3) is 11.0 Å². The lowest BCUT2D eigenvalue weighted by Crippen LogP contribution is -1.84. The number of nitrogens with zero attached hydrogens (tertiary/aromatic N) is 2. The van der Waals surface area contributed by atoms with E-state index in [1.807, 2.05) is 25.1 Å². The fourth-order valence-electron chi connectivity index (χ4n) is 1.94. The predicted molar refractivity (Wildman–Crippen MR) is 76.7 cm³/mol. The SMILES string of the molecule is Cn1cnc2ccc(SCc3ccccc3)cc21. The molecule has 0 radical (unpaired) electrons. The maximum Gasteiger partial charge on any atom is 0.0955 e. The van der Waals surface area contributed by atoms with Crippen LogP contribution in [0, 0.1) is 0 Å². The van der Waals surface area contributed by atoms with Crippen molar-refractivity contribution in [1.29, 1.82) is 0 Å². The Kier molecular flexibility index (Phi) is 3.07. The van der Waals surface area contributed by atoms with Gasteiger partial charge >= 0.3 is 0 Å². The molecule has 1 heterocycles. The van der Waals surface area contributed by atoms with Crippen LogP contribution in [0.2, 0.25) is 0 Å². The summed E-state index contributed by atoms with van der Waals surface area (Å²) < 4.78 is 2.06. The number of hydrogen-bond acceptors (Lipinski definition) is 2. The largest absolute Gasteiger partial charge is 0.334 e. The zero-order valence-corrected chi connectivity index (χ0v) is 11.0. The Balaban J connectivity index is 1.80. The van der Waals surface area contributed by atoms with Gasteiger partial charge in [-0.1, -0.05) is 30.3 Å². The molecule has 0 saturated carbocycles. The Morgan fingerprint density at radius 2 is 1.94 bits per heavy atom. The van der Waals surface area contributed by atoms with Gasteiger partial charge in [-0.15, -0.1) is 11.8 Å². The van der Waals surface area contributed by atoms with Gasteiger partial charge in [0, 0.05) is 17.7 Å². The fraction of sp³-hybridized carbons (Fsp3) is 0.133. The summed E-state index contributed by atoms with van der Waals surface area (Å²) in [6.45, 7) is 0. The Morgan fingerprint density at radius 3 is 2.78 bits per heavy atom. The lowest BCUT2D eigenvalue weighted by atomic mass is 10.2. The third-order valence-electron chi connectivity index (χ3n) is 2.95. The van der Waals surface area contributed by atoms with E-state index in [0.29, 0.717) is 0 Å². The summed E-state index contributed by atoms with van der Waals surface area (Å²) in [5, 5.41) is 0. The van der Waals surface area contributed by atoms with Crippen LogP contribution in [0.15, 0.2) is 59.8 Å². The molecule has 0 atom stereocenters. The van der Waals surface area contributed by atoms with Crippen LogP contribution < -0.4 is 0 Å². The molecule has 3 aromatic rings. The van der Waals surface area contributed by atoms with Gasteiger partial charge in [-0.25, -0.2) is 4.98 Å². The highest BCUT2D eigenvalue weighted by molar-refractivity contribution is 7.98. The molecule has 2 nitrogen and oxygen atoms in total. The van der Waals surface area contributed by atoms with Crippen molar-refractivity contribution in [1.82, 2.24) is 9.55 Å². The summed E-state index contributed by atoms with van der Waals surface area (Å²) in [6.07, 6.45) is 1.86. The summed E-state index contributed by atoms with van der Waals surface area (Å²) in [6, 6.07) is 17.0. The van der Waals surface area contributed by atoms with Crippen molar-refractivity contribution < 1.29 is 0 Å². The third kappa shape index (κ3) is 2.27. The van der Waals surface area contributed by atoms with E-state index in [1.165, 1.54) is 16.0 Å². The Morgan fingerprint density at radius 1 is 1.11 bits per heavy atom. The van der Waals surface area contributed by atoms with Crippen LogP contribution >= 0.6 is 11.8 Å². The van der Waals surface area contributed by atoms with Crippen molar-refractivity contribution in [3.05, 3.63) is 60.4 Å². The van der Waals surface area contributed by atoms with Crippen LogP contribution in [0.5, 0.6) is 0 Å². The van der Waals surface area contributed by atoms with Crippen molar-refractivity contribution in [3.8, 4) is 0 Å². The summed E-state index contributed by atoms with van der Waals surface area (Å²) in [7, 11) is 2.03. The monoisotopic (exact) mass is 254 g/mol. The number of benzene rings is 2. The van der Waals surface area contributed by atoms with E-state index >= 15 is 0 Å². The van der Waals surface area contributed by atoms with E-state index in [1.54, 1.807) is 0 Å². The first-order valence-corrected chi connectivity index (χ1v) is 6.89. The quantitative estimate of drug-likeness (QED) is 0.660. The molecule has 0 unspecified atom stereocenters. The first-order chi connectivity index (χ1) is 8.83. The molecule has 0 saturated heterocycles. The van der Waals surface area contributed by atoms with Gasteiger partial charge in [0.1, 0.15) is 0 Å². The minimum Gasteiger partial charge on any atom is -0.334 e. The van der Waals surface area contributed by atoms with Crippen LogP contribution in [-0.4, -0.2) is 9.55 Å². The fourth-order valence-corrected chi connectivity index (χ4v) is 2.82. The van der Waals surface area contributed by atoms with E-state index in [9.17, 15) is 0 Å². The molecular formula is C15H14N2S. The van der Waals surface area contributed by atoms with Crippen molar-refractivity contribution in [2.24, 2.45) is 7.05 Å². The van der Waals surface area contributed by atoms with Gasteiger partial charge in [0.25, 0.3) is 0 Å². The molecule has 0 amide bonds. The number of imidazole rings is 1. The smallest absolute Gasteiger partial charge is 0.0955 e. The van der Waals surface area contributed by atoms with Crippen LogP contribution in [0.3, 0.4) is 0 Å². The van der Waals surface area contributed by atoms with Crippen molar-refractivity contribution in [2.75, 3.05) is 0 Å². The molecule has 0 N–H and O–H groups in total. The highest BCUT2D eigenvalue weighted by Gasteiger charge is 2.02. The first kappa shape index (κ1) is 11.4. The third-order valence-corrected chi connectivity index (χ3v) is 4.01. The molecule has 0 aliphatic rings. The van der Waals surface area contributed by atoms with Gasteiger partial charge in [0.05, 0.1) is 17.4 Å². The zero-order chi connectivity index (χ0) is 12.4. The van der Waals surface area contributed by atoms with E-state index < -0.39 is 0 Å². The van der Waals surface area contributed by atoms with E-state index in [2.05, 4.69) is 58.1 Å². The molecule has 0 aliphatic carbocycles. The summed E-state index contributed by atoms with van der Waals surface area (Å²) in [4.78, 5) is 5.62. The Bertz CT molecular complexity index is 659. The van der Waals surface area contributed by atoms with E-state index in [0.717, 1.165) is 11.3 Å². The van der Waals surface area contributed by atoms with Gasteiger partial charge in [-0.3, -0.25) is 0 Å². The summed E-state index contributed by atoms with van der Waals surface area (Å²) in [5.74, 6) is 1.00. The van der Waals surface area contributed by atoms with Crippen molar-refractivity contribution in [2.45, 2.75) is 10.6 Å². The number of rotatable bonds is 3. The van der Waals surface area contributed by atoms with Gasteiger partial charge < -0.3 is 4.57 Å². The Hall–Kier alpha value is -1.74. The van der Waals surface area contributed by atoms with Gasteiger partial charge in [-0.2, -0.15) is 0 Å². The molecule has 0 fully saturated rings. The second-order valence-electron chi connectivity index (χ2n) is 4.28. The minimum absolute atomic E-state index is 1.00. The van der Waals surface area contributed by atoms with Gasteiger partial charge in [0.2, 0.25) is 0 Å². The topological polar surface area (TPSA) is 17.8 Å². The van der Waals surface area contributed by atoms with Gasteiger partial charge in [-0.05, 0) is 23.8 Å². The Labute approximate surface area is 111 Å². The lowest BCUT2D eigenvalue weighted by Gasteiger charge is -2.03. The van der Waals surface area contributed by atoms with Crippen molar-refractivity contribution in [3.63, 3.8) is 0 Å². The molecule has 3 heteroatoms. The maximum atomic E-state index is 4.33. The average molecular weight is 254 g/mol. The molecule has 18 heavy (non-hydrogen) atoms. The lowest BCUT2D eigenvalue weighted by molar-refractivity contribution is 0.946. The van der Waals surface area contributed by atoms with Crippen LogP contribution in [0.1, 0.15) is 5.56 Å². The summed E-state index contributed by atoms with van der Waals surface area (Å²) in [5.41, 5.74) is 3.60. The molecule has 90 valence electrons. The number of thioether (sulfide) groups is 1.